The van der Waals surface area contributed by atoms with Crippen molar-refractivity contribution in [1.82, 2.24) is 0 Å². The lowest BCUT2D eigenvalue weighted by Crippen LogP contribution is -2.05. The third-order valence-corrected chi connectivity index (χ3v) is 3.94. The number of fused-ring (bicyclic) bond motifs is 1. The van der Waals surface area contributed by atoms with Gasteiger partial charge in [-0.15, -0.1) is 0 Å². The van der Waals surface area contributed by atoms with Crippen LogP contribution in [0.15, 0.2) is 63.8 Å². The summed E-state index contributed by atoms with van der Waals surface area (Å²) < 4.78 is 15.5. The second-order valence-electron chi connectivity index (χ2n) is 5.45. The normalized spacial score (nSPS) is 11.0. The smallest absolute Gasteiger partial charge is 0.336 e. The van der Waals surface area contributed by atoms with E-state index in [1.165, 1.54) is 19.3 Å². The number of halogens is 1. The van der Waals surface area contributed by atoms with Gasteiger partial charge in [0.05, 0.1) is 7.11 Å². The molecule has 0 atom stereocenters. The summed E-state index contributed by atoms with van der Waals surface area (Å²) in [5.41, 5.74) is 1.24. The van der Waals surface area contributed by atoms with Crippen LogP contribution >= 0.6 is 11.6 Å². The van der Waals surface area contributed by atoms with Crippen LogP contribution in [-0.2, 0) is 16.1 Å². The summed E-state index contributed by atoms with van der Waals surface area (Å²) in [5.74, 6) is 0.0514. The molecule has 26 heavy (non-hydrogen) atoms. The number of esters is 1. The highest BCUT2D eigenvalue weighted by molar-refractivity contribution is 6.30. The molecule has 0 fully saturated rings. The second-order valence-corrected chi connectivity index (χ2v) is 5.88. The summed E-state index contributed by atoms with van der Waals surface area (Å²) in [6.45, 7) is -0.0434. The SMILES string of the molecule is COc1ccc2c(COC(=O)/C=C/c3ccc(Cl)cc3)cc(=O)oc2c1. The highest BCUT2D eigenvalue weighted by Gasteiger charge is 2.09. The average Bonchev–Trinajstić information content (AvgIpc) is 2.64. The maximum atomic E-state index is 11.9. The number of hydrogen-bond acceptors (Lipinski definition) is 5. The molecule has 1 heterocycles. The van der Waals surface area contributed by atoms with Crippen LogP contribution in [0.4, 0.5) is 0 Å². The molecular formula is C20H15ClO5. The first-order chi connectivity index (χ1) is 12.5. The van der Waals surface area contributed by atoms with Crippen LogP contribution in [0.2, 0.25) is 5.02 Å². The minimum atomic E-state index is -0.520. The van der Waals surface area contributed by atoms with Gasteiger partial charge in [0, 0.05) is 34.2 Å². The fourth-order valence-electron chi connectivity index (χ4n) is 2.39. The Morgan fingerprint density at radius 3 is 2.65 bits per heavy atom. The average molecular weight is 371 g/mol. The van der Waals surface area contributed by atoms with Gasteiger partial charge in [-0.1, -0.05) is 23.7 Å². The summed E-state index contributed by atoms with van der Waals surface area (Å²) in [6.07, 6.45) is 2.95. The van der Waals surface area contributed by atoms with Crippen molar-refractivity contribution in [3.63, 3.8) is 0 Å². The highest BCUT2D eigenvalue weighted by Crippen LogP contribution is 2.23. The molecule has 5 nitrogen and oxygen atoms in total. The first-order valence-corrected chi connectivity index (χ1v) is 8.14. The molecule has 0 saturated heterocycles. The van der Waals surface area contributed by atoms with Crippen LogP contribution < -0.4 is 10.4 Å². The maximum Gasteiger partial charge on any atom is 0.336 e. The highest BCUT2D eigenvalue weighted by atomic mass is 35.5. The van der Waals surface area contributed by atoms with Gasteiger partial charge in [-0.25, -0.2) is 9.59 Å². The molecule has 0 aliphatic carbocycles. The van der Waals surface area contributed by atoms with Crippen molar-refractivity contribution in [3.05, 3.63) is 81.2 Å². The standard InChI is InChI=1S/C20H15ClO5/c1-24-16-7-8-17-14(10-20(23)26-18(17)11-16)12-25-19(22)9-4-13-2-5-15(21)6-3-13/h2-11H,12H2,1H3/b9-4+. The van der Waals surface area contributed by atoms with Gasteiger partial charge < -0.3 is 13.9 Å². The fourth-order valence-corrected chi connectivity index (χ4v) is 2.52. The number of carbonyl (C=O) groups is 1. The number of carbonyl (C=O) groups excluding carboxylic acids is 1. The Morgan fingerprint density at radius 2 is 1.92 bits per heavy atom. The van der Waals surface area contributed by atoms with E-state index in [9.17, 15) is 9.59 Å². The first kappa shape index (κ1) is 17.8. The third-order valence-electron chi connectivity index (χ3n) is 3.69. The molecule has 0 bridgehead atoms. The van der Waals surface area contributed by atoms with Gasteiger partial charge in [0.25, 0.3) is 0 Å². The molecule has 0 unspecified atom stereocenters. The molecule has 6 heteroatoms. The van der Waals surface area contributed by atoms with Crippen LogP contribution in [0.25, 0.3) is 17.0 Å². The van der Waals surface area contributed by atoms with Crippen molar-refractivity contribution in [2.45, 2.75) is 6.61 Å². The van der Waals surface area contributed by atoms with E-state index >= 15 is 0 Å². The van der Waals surface area contributed by atoms with E-state index in [4.69, 9.17) is 25.5 Å². The molecule has 0 amide bonds. The quantitative estimate of drug-likeness (QED) is 0.382. The number of hydrogen-bond donors (Lipinski definition) is 0. The minimum absolute atomic E-state index is 0.0434. The molecule has 2 aromatic carbocycles. The van der Waals surface area contributed by atoms with E-state index in [1.807, 2.05) is 0 Å². The maximum absolute atomic E-state index is 11.9. The van der Waals surface area contributed by atoms with E-state index in [2.05, 4.69) is 0 Å². The van der Waals surface area contributed by atoms with Crippen molar-refractivity contribution in [3.8, 4) is 5.75 Å². The molecule has 0 radical (unpaired) electrons. The Kier molecular flexibility index (Phi) is 5.39. The van der Waals surface area contributed by atoms with Crippen molar-refractivity contribution < 1.29 is 18.7 Å². The molecule has 0 saturated carbocycles. The van der Waals surface area contributed by atoms with Gasteiger partial charge in [0.1, 0.15) is 17.9 Å². The zero-order valence-corrected chi connectivity index (χ0v) is 14.7. The fraction of sp³-hybridized carbons (Fsp3) is 0.100. The number of rotatable bonds is 5. The Bertz CT molecular complexity index is 1020. The van der Waals surface area contributed by atoms with Crippen molar-refractivity contribution >= 4 is 34.6 Å². The molecule has 1 aromatic heterocycles. The lowest BCUT2D eigenvalue weighted by Gasteiger charge is -2.07. The molecular weight excluding hydrogens is 356 g/mol. The van der Waals surface area contributed by atoms with Crippen LogP contribution in [0.5, 0.6) is 5.75 Å². The minimum Gasteiger partial charge on any atom is -0.497 e. The zero-order chi connectivity index (χ0) is 18.5. The zero-order valence-electron chi connectivity index (χ0n) is 13.9. The lowest BCUT2D eigenvalue weighted by atomic mass is 10.1. The Morgan fingerprint density at radius 1 is 1.15 bits per heavy atom. The van der Waals surface area contributed by atoms with Gasteiger partial charge >= 0.3 is 11.6 Å². The number of benzene rings is 2. The topological polar surface area (TPSA) is 65.7 Å². The van der Waals surface area contributed by atoms with Crippen molar-refractivity contribution in [2.75, 3.05) is 7.11 Å². The van der Waals surface area contributed by atoms with E-state index < -0.39 is 11.6 Å². The molecule has 3 aromatic rings. The largest absolute Gasteiger partial charge is 0.497 e. The van der Waals surface area contributed by atoms with Crippen molar-refractivity contribution in [1.29, 1.82) is 0 Å². The summed E-state index contributed by atoms with van der Waals surface area (Å²) >= 11 is 5.81. The summed E-state index contributed by atoms with van der Waals surface area (Å²) in [7, 11) is 1.53. The molecule has 132 valence electrons. The second kappa shape index (κ2) is 7.89. The summed E-state index contributed by atoms with van der Waals surface area (Å²) in [6, 6.07) is 13.5. The van der Waals surface area contributed by atoms with Gasteiger partial charge in [0.15, 0.2) is 0 Å². The van der Waals surface area contributed by atoms with Gasteiger partial charge in [-0.2, -0.15) is 0 Å². The Hall–Kier alpha value is -3.05. The Labute approximate surface area is 154 Å². The van der Waals surface area contributed by atoms with Crippen molar-refractivity contribution in [2.24, 2.45) is 0 Å². The number of methoxy groups -OCH3 is 1. The van der Waals surface area contributed by atoms with Crippen LogP contribution in [0, 0.1) is 0 Å². The summed E-state index contributed by atoms with van der Waals surface area (Å²) in [5, 5.41) is 1.30. The lowest BCUT2D eigenvalue weighted by molar-refractivity contribution is -0.138. The van der Waals surface area contributed by atoms with Gasteiger partial charge in [-0.3, -0.25) is 0 Å². The Balaban J connectivity index is 1.73. The molecule has 3 rings (SSSR count). The first-order valence-electron chi connectivity index (χ1n) is 7.76. The van der Waals surface area contributed by atoms with E-state index in [1.54, 1.807) is 48.5 Å². The summed E-state index contributed by atoms with van der Waals surface area (Å²) in [4.78, 5) is 23.6. The molecule has 0 aliphatic rings. The third kappa shape index (κ3) is 4.32. The monoisotopic (exact) mass is 370 g/mol. The predicted octanol–water partition coefficient (Wildman–Crippen LogP) is 4.21. The van der Waals surface area contributed by atoms with Crippen LogP contribution in [0.1, 0.15) is 11.1 Å². The van der Waals surface area contributed by atoms with Crippen LogP contribution in [-0.4, -0.2) is 13.1 Å². The number of ether oxygens (including phenoxy) is 2. The predicted molar refractivity (Wildman–Crippen MR) is 99.3 cm³/mol. The molecule has 0 aliphatic heterocycles. The van der Waals surface area contributed by atoms with E-state index in [-0.39, 0.29) is 6.61 Å². The van der Waals surface area contributed by atoms with E-state index in [0.29, 0.717) is 27.3 Å². The van der Waals surface area contributed by atoms with Gasteiger partial charge in [0.2, 0.25) is 0 Å². The molecule has 0 spiro atoms. The van der Waals surface area contributed by atoms with Gasteiger partial charge in [-0.05, 0) is 35.9 Å². The van der Waals surface area contributed by atoms with Crippen LogP contribution in [0.3, 0.4) is 0 Å². The molecule has 0 N–H and O–H groups in total. The van der Waals surface area contributed by atoms with E-state index in [0.717, 1.165) is 5.56 Å².